The summed E-state index contributed by atoms with van der Waals surface area (Å²) in [5.74, 6) is 0.246. The molecule has 2 N–H and O–H groups in total. The van der Waals surface area contributed by atoms with Gasteiger partial charge in [-0.1, -0.05) is 20.3 Å². The number of phenolic OH excluding ortho intramolecular Hbond substituents is 1. The van der Waals surface area contributed by atoms with Gasteiger partial charge in [0.15, 0.2) is 5.58 Å². The molecule has 5 heteroatoms. The molecule has 1 unspecified atom stereocenters. The van der Waals surface area contributed by atoms with E-state index in [1.807, 2.05) is 20.8 Å². The van der Waals surface area contributed by atoms with Crippen molar-refractivity contribution in [3.8, 4) is 11.5 Å². The molecular weight excluding hydrogens is 284 g/mol. The van der Waals surface area contributed by atoms with Crippen LogP contribution in [0.3, 0.4) is 0 Å². The van der Waals surface area contributed by atoms with E-state index in [2.05, 4.69) is 0 Å². The van der Waals surface area contributed by atoms with Crippen molar-refractivity contribution >= 4 is 11.0 Å². The van der Waals surface area contributed by atoms with Gasteiger partial charge < -0.3 is 19.4 Å². The second kappa shape index (κ2) is 5.32. The molecule has 1 aromatic carbocycles. The largest absolute Gasteiger partial charge is 0.507 e. The lowest BCUT2D eigenvalue weighted by molar-refractivity contribution is 0.0178. The average molecular weight is 304 g/mol. The molecule has 1 aromatic heterocycles. The summed E-state index contributed by atoms with van der Waals surface area (Å²) in [4.78, 5) is 11.9. The zero-order valence-electron chi connectivity index (χ0n) is 12.9. The Balaban J connectivity index is 2.38. The van der Waals surface area contributed by atoms with E-state index < -0.39 is 11.7 Å². The number of aliphatic hydroxyl groups excluding tert-OH is 1. The third kappa shape index (κ3) is 2.16. The van der Waals surface area contributed by atoms with Crippen LogP contribution in [0.5, 0.6) is 11.5 Å². The minimum Gasteiger partial charge on any atom is -0.507 e. The molecule has 118 valence electrons. The fraction of sp³-hybridized carbons (Fsp3) is 0.471. The Hall–Kier alpha value is -2.01. The molecule has 3 rings (SSSR count). The number of aryl methyl sites for hydroxylation is 1. The summed E-state index contributed by atoms with van der Waals surface area (Å²) in [5, 5.41) is 21.4. The molecule has 5 nitrogen and oxygen atoms in total. The van der Waals surface area contributed by atoms with E-state index in [-0.39, 0.29) is 23.4 Å². The summed E-state index contributed by atoms with van der Waals surface area (Å²) in [7, 11) is 0. The smallest absolute Gasteiger partial charge is 0.336 e. The first-order chi connectivity index (χ1) is 10.4. The van der Waals surface area contributed by atoms with Gasteiger partial charge in [-0.15, -0.1) is 0 Å². The Morgan fingerprint density at radius 1 is 1.27 bits per heavy atom. The van der Waals surface area contributed by atoms with Gasteiger partial charge in [0, 0.05) is 18.1 Å². The fourth-order valence-electron chi connectivity index (χ4n) is 3.07. The van der Waals surface area contributed by atoms with Crippen molar-refractivity contribution in [3.05, 3.63) is 33.7 Å². The van der Waals surface area contributed by atoms with Crippen LogP contribution in [0.25, 0.3) is 11.0 Å². The lowest BCUT2D eigenvalue weighted by atomic mass is 9.88. The third-order valence-electron chi connectivity index (χ3n) is 4.44. The summed E-state index contributed by atoms with van der Waals surface area (Å²) >= 11 is 0. The van der Waals surface area contributed by atoms with Crippen molar-refractivity contribution in [1.82, 2.24) is 0 Å². The van der Waals surface area contributed by atoms with Crippen LogP contribution in [-0.2, 0) is 6.42 Å². The van der Waals surface area contributed by atoms with Crippen LogP contribution < -0.4 is 10.4 Å². The van der Waals surface area contributed by atoms with Crippen LogP contribution in [0, 0.1) is 5.92 Å². The van der Waals surface area contributed by atoms with Crippen LogP contribution in [0.4, 0.5) is 0 Å². The number of hydrogen-bond donors (Lipinski definition) is 2. The van der Waals surface area contributed by atoms with Crippen LogP contribution in [-0.4, -0.2) is 16.3 Å². The minimum atomic E-state index is -0.804. The molecule has 0 radical (unpaired) electrons. The van der Waals surface area contributed by atoms with E-state index >= 15 is 0 Å². The molecule has 2 aromatic rings. The van der Waals surface area contributed by atoms with Crippen molar-refractivity contribution in [3.63, 3.8) is 0 Å². The summed E-state index contributed by atoms with van der Waals surface area (Å²) in [5.41, 5.74) is 0.931. The number of ether oxygens (including phenoxy) is 1. The van der Waals surface area contributed by atoms with Crippen LogP contribution in [0.2, 0.25) is 0 Å². The van der Waals surface area contributed by atoms with Gasteiger partial charge in [-0.2, -0.15) is 0 Å². The number of rotatable bonds is 2. The minimum absolute atomic E-state index is 0.00917. The van der Waals surface area contributed by atoms with Crippen molar-refractivity contribution in [1.29, 1.82) is 0 Å². The third-order valence-corrected chi connectivity index (χ3v) is 4.44. The molecule has 0 bridgehead atoms. The Bertz CT molecular complexity index is 777. The number of benzene rings is 1. The number of hydrogen-bond acceptors (Lipinski definition) is 5. The SMILES string of the molecule is CCCc1cc(=O)oc2c3c(cc(O)c12)O[C@H](C)[C@@H](C)C3O. The van der Waals surface area contributed by atoms with Crippen LogP contribution >= 0.6 is 0 Å². The first-order valence-corrected chi connectivity index (χ1v) is 7.61. The lowest BCUT2D eigenvalue weighted by Crippen LogP contribution is -2.32. The molecular formula is C17H20O5. The van der Waals surface area contributed by atoms with E-state index in [0.717, 1.165) is 12.0 Å². The van der Waals surface area contributed by atoms with Gasteiger partial charge in [0.2, 0.25) is 0 Å². The molecule has 1 aliphatic heterocycles. The zero-order valence-corrected chi connectivity index (χ0v) is 12.9. The molecule has 0 aliphatic carbocycles. The molecule has 0 spiro atoms. The first-order valence-electron chi connectivity index (χ1n) is 7.61. The maximum Gasteiger partial charge on any atom is 0.336 e. The average Bonchev–Trinajstić information content (AvgIpc) is 2.44. The normalized spacial score (nSPS) is 24.1. The second-order valence-corrected chi connectivity index (χ2v) is 5.98. The van der Waals surface area contributed by atoms with Gasteiger partial charge in [-0.05, 0) is 18.9 Å². The van der Waals surface area contributed by atoms with Crippen molar-refractivity contribution in [2.24, 2.45) is 5.92 Å². The maximum atomic E-state index is 11.9. The van der Waals surface area contributed by atoms with Crippen LogP contribution in [0.15, 0.2) is 21.3 Å². The van der Waals surface area contributed by atoms with Gasteiger partial charge >= 0.3 is 5.63 Å². The molecule has 22 heavy (non-hydrogen) atoms. The quantitative estimate of drug-likeness (QED) is 0.834. The number of phenols is 1. The van der Waals surface area contributed by atoms with E-state index in [0.29, 0.717) is 23.1 Å². The standard InChI is InChI=1S/C17H20O5/c1-4-5-10-6-13(19)22-17-14(10)11(18)7-12-15(17)16(20)8(2)9(3)21-12/h6-9,16,18,20H,4-5H2,1-3H3/t8-,9-,16?/m1/s1. The molecule has 3 atom stereocenters. The molecule has 2 heterocycles. The molecule has 0 saturated carbocycles. The Morgan fingerprint density at radius 3 is 2.68 bits per heavy atom. The Kier molecular flexibility index (Phi) is 3.60. The zero-order chi connectivity index (χ0) is 16.0. The highest BCUT2D eigenvalue weighted by molar-refractivity contribution is 5.91. The molecule has 0 amide bonds. The van der Waals surface area contributed by atoms with Gasteiger partial charge in [0.25, 0.3) is 0 Å². The van der Waals surface area contributed by atoms with E-state index in [4.69, 9.17) is 9.15 Å². The number of aliphatic hydroxyl groups is 1. The summed E-state index contributed by atoms with van der Waals surface area (Å²) in [6.45, 7) is 5.74. The monoisotopic (exact) mass is 304 g/mol. The predicted molar refractivity (Wildman–Crippen MR) is 82.4 cm³/mol. The fourth-order valence-corrected chi connectivity index (χ4v) is 3.07. The molecule has 0 saturated heterocycles. The van der Waals surface area contributed by atoms with Crippen LogP contribution in [0.1, 0.15) is 44.4 Å². The maximum absolute atomic E-state index is 11.9. The van der Waals surface area contributed by atoms with Gasteiger partial charge in [-0.25, -0.2) is 4.79 Å². The molecule has 1 aliphatic rings. The highest BCUT2D eigenvalue weighted by Crippen LogP contribution is 2.46. The lowest BCUT2D eigenvalue weighted by Gasteiger charge is -2.33. The Labute approximate surface area is 128 Å². The second-order valence-electron chi connectivity index (χ2n) is 5.98. The predicted octanol–water partition coefficient (Wildman–Crippen LogP) is 2.90. The number of aromatic hydroxyl groups is 1. The van der Waals surface area contributed by atoms with Crippen molar-refractivity contribution in [2.75, 3.05) is 0 Å². The summed E-state index contributed by atoms with van der Waals surface area (Å²) < 4.78 is 11.1. The van der Waals surface area contributed by atoms with E-state index in [9.17, 15) is 15.0 Å². The summed E-state index contributed by atoms with van der Waals surface area (Å²) in [6.07, 6.45) is 0.491. The first kappa shape index (κ1) is 14.9. The van der Waals surface area contributed by atoms with Gasteiger partial charge in [0.1, 0.15) is 17.6 Å². The number of fused-ring (bicyclic) bond motifs is 3. The van der Waals surface area contributed by atoms with Gasteiger partial charge in [0.05, 0.1) is 17.1 Å². The van der Waals surface area contributed by atoms with Crippen molar-refractivity contribution in [2.45, 2.75) is 45.8 Å². The highest BCUT2D eigenvalue weighted by atomic mass is 16.5. The van der Waals surface area contributed by atoms with E-state index in [1.54, 1.807) is 0 Å². The van der Waals surface area contributed by atoms with Gasteiger partial charge in [-0.3, -0.25) is 0 Å². The molecule has 0 fully saturated rings. The topological polar surface area (TPSA) is 79.9 Å². The highest BCUT2D eigenvalue weighted by Gasteiger charge is 2.35. The van der Waals surface area contributed by atoms with Crippen molar-refractivity contribution < 1.29 is 19.4 Å². The Morgan fingerprint density at radius 2 is 2.00 bits per heavy atom. The summed E-state index contributed by atoms with van der Waals surface area (Å²) in [6, 6.07) is 2.91. The van der Waals surface area contributed by atoms with E-state index in [1.165, 1.54) is 12.1 Å².